The van der Waals surface area contributed by atoms with Crippen molar-refractivity contribution >= 4 is 33.3 Å². The molecule has 2 saturated heterocycles. The van der Waals surface area contributed by atoms with E-state index in [1.54, 1.807) is 0 Å². The summed E-state index contributed by atoms with van der Waals surface area (Å²) in [4.78, 5) is 6.99. The van der Waals surface area contributed by atoms with Gasteiger partial charge in [0.1, 0.15) is 0 Å². The van der Waals surface area contributed by atoms with Gasteiger partial charge in [0.05, 0.1) is 23.9 Å². The Morgan fingerprint density at radius 1 is 1.19 bits per heavy atom. The van der Waals surface area contributed by atoms with Crippen molar-refractivity contribution in [1.29, 1.82) is 0 Å². The summed E-state index contributed by atoms with van der Waals surface area (Å²) in [6.07, 6.45) is 4.26. The third kappa shape index (κ3) is 3.98. The van der Waals surface area contributed by atoms with E-state index in [4.69, 9.17) is 17.0 Å². The molecular weight excluding hydrogens is 484 g/mol. The molecule has 3 aromatic rings. The largest absolute Gasteiger partial charge is 0.376 e. The Kier molecular flexibility index (Phi) is 6.05. The second kappa shape index (κ2) is 8.96. The lowest BCUT2D eigenvalue weighted by atomic mass is 9.96. The van der Waals surface area contributed by atoms with Crippen LogP contribution in [-0.4, -0.2) is 38.8 Å². The molecular formula is C25H27BrN4OS. The highest BCUT2D eigenvalue weighted by atomic mass is 79.9. The first kappa shape index (κ1) is 21.6. The van der Waals surface area contributed by atoms with E-state index < -0.39 is 0 Å². The van der Waals surface area contributed by atoms with Crippen LogP contribution < -0.4 is 5.32 Å². The van der Waals surface area contributed by atoms with Crippen LogP contribution >= 0.6 is 28.1 Å². The van der Waals surface area contributed by atoms with E-state index in [-0.39, 0.29) is 18.2 Å². The van der Waals surface area contributed by atoms with Crippen LogP contribution in [0.15, 0.2) is 59.2 Å². The van der Waals surface area contributed by atoms with Gasteiger partial charge in [-0.25, -0.2) is 0 Å². The zero-order chi connectivity index (χ0) is 22.2. The molecule has 2 aliphatic rings. The topological polar surface area (TPSA) is 42.3 Å². The smallest absolute Gasteiger partial charge is 0.170 e. The van der Waals surface area contributed by atoms with Crippen molar-refractivity contribution in [3.05, 3.63) is 81.8 Å². The van der Waals surface area contributed by atoms with E-state index in [1.165, 1.54) is 17.0 Å². The number of ether oxygens (including phenoxy) is 1. The lowest BCUT2D eigenvalue weighted by Crippen LogP contribution is -2.36. The van der Waals surface area contributed by atoms with Crippen LogP contribution in [0.2, 0.25) is 0 Å². The maximum absolute atomic E-state index is 5.97. The second-order valence-electron chi connectivity index (χ2n) is 8.56. The molecule has 166 valence electrons. The van der Waals surface area contributed by atoms with Crippen molar-refractivity contribution in [2.24, 2.45) is 0 Å². The van der Waals surface area contributed by atoms with E-state index >= 15 is 0 Å². The standard InChI is InChI=1S/C25H27BrN4OS/c1-16-13-21(17(2)30(16)19-8-5-7-18(26)14-19)24-23(22-10-3-4-11-27-22)28-25(32)29(24)15-20-9-6-12-31-20/h3-5,7-8,10-11,13-14,20,23-24H,6,9,12,15H2,1-2H3,(H,28,32). The number of aromatic nitrogens is 2. The van der Waals surface area contributed by atoms with Crippen molar-refractivity contribution in [1.82, 2.24) is 19.8 Å². The molecule has 0 spiro atoms. The lowest BCUT2D eigenvalue weighted by molar-refractivity contribution is 0.0842. The zero-order valence-corrected chi connectivity index (χ0v) is 20.7. The van der Waals surface area contributed by atoms with E-state index in [2.05, 4.69) is 85.9 Å². The van der Waals surface area contributed by atoms with Crippen molar-refractivity contribution < 1.29 is 4.74 Å². The molecule has 0 amide bonds. The molecule has 4 heterocycles. The van der Waals surface area contributed by atoms with Gasteiger partial charge in [-0.05, 0) is 80.9 Å². The normalized spacial score (nSPS) is 23.0. The minimum Gasteiger partial charge on any atom is -0.376 e. The van der Waals surface area contributed by atoms with Crippen molar-refractivity contribution in [3.63, 3.8) is 0 Å². The lowest BCUT2D eigenvalue weighted by Gasteiger charge is -2.30. The number of benzene rings is 1. The Morgan fingerprint density at radius 3 is 2.78 bits per heavy atom. The Labute approximate surface area is 202 Å². The molecule has 3 unspecified atom stereocenters. The summed E-state index contributed by atoms with van der Waals surface area (Å²) in [5, 5.41) is 4.34. The minimum atomic E-state index is -0.0124. The molecule has 1 aromatic carbocycles. The summed E-state index contributed by atoms with van der Waals surface area (Å²) in [7, 11) is 0. The monoisotopic (exact) mass is 510 g/mol. The van der Waals surface area contributed by atoms with Crippen LogP contribution in [-0.2, 0) is 4.74 Å². The Balaban J connectivity index is 1.59. The maximum atomic E-state index is 5.97. The van der Waals surface area contributed by atoms with Gasteiger partial charge < -0.3 is 19.5 Å². The zero-order valence-electron chi connectivity index (χ0n) is 18.3. The molecule has 0 saturated carbocycles. The van der Waals surface area contributed by atoms with Crippen molar-refractivity contribution in [2.75, 3.05) is 13.2 Å². The second-order valence-corrected chi connectivity index (χ2v) is 9.86. The van der Waals surface area contributed by atoms with Gasteiger partial charge in [-0.1, -0.05) is 28.1 Å². The Bertz CT molecular complexity index is 1130. The molecule has 2 aromatic heterocycles. The quantitative estimate of drug-likeness (QED) is 0.465. The maximum Gasteiger partial charge on any atom is 0.170 e. The molecule has 3 atom stereocenters. The molecule has 0 bridgehead atoms. The van der Waals surface area contributed by atoms with E-state index in [1.807, 2.05) is 18.3 Å². The minimum absolute atomic E-state index is 0.0124. The van der Waals surface area contributed by atoms with Gasteiger partial charge in [0.2, 0.25) is 0 Å². The molecule has 0 radical (unpaired) electrons. The summed E-state index contributed by atoms with van der Waals surface area (Å²) in [6.45, 7) is 5.99. The molecule has 0 aliphatic carbocycles. The van der Waals surface area contributed by atoms with Gasteiger partial charge in [-0.15, -0.1) is 0 Å². The third-order valence-electron chi connectivity index (χ3n) is 6.48. The van der Waals surface area contributed by atoms with Crippen LogP contribution in [0, 0.1) is 13.8 Å². The van der Waals surface area contributed by atoms with Crippen LogP contribution in [0.1, 0.15) is 47.6 Å². The number of halogens is 1. The van der Waals surface area contributed by atoms with Crippen molar-refractivity contribution in [2.45, 2.75) is 44.9 Å². The number of aryl methyl sites for hydroxylation is 1. The summed E-state index contributed by atoms with van der Waals surface area (Å²) in [6, 6.07) is 16.8. The molecule has 7 heteroatoms. The number of nitrogens with zero attached hydrogens (tertiary/aromatic N) is 3. The first-order valence-corrected chi connectivity index (χ1v) is 12.3. The SMILES string of the molecule is Cc1cc(C2C(c3ccccn3)NC(=S)N2CC2CCCO2)c(C)n1-c1cccc(Br)c1. The Hall–Kier alpha value is -2.22. The van der Waals surface area contributed by atoms with Gasteiger partial charge in [-0.3, -0.25) is 4.98 Å². The van der Waals surface area contributed by atoms with Crippen molar-refractivity contribution in [3.8, 4) is 5.69 Å². The molecule has 2 aliphatic heterocycles. The first-order valence-electron chi connectivity index (χ1n) is 11.1. The average Bonchev–Trinajstić information content (AvgIpc) is 3.48. The molecule has 5 rings (SSSR count). The van der Waals surface area contributed by atoms with Crippen LogP contribution in [0.25, 0.3) is 5.69 Å². The number of nitrogens with one attached hydrogen (secondary N) is 1. The third-order valence-corrected chi connectivity index (χ3v) is 7.32. The predicted octanol–water partition coefficient (Wildman–Crippen LogP) is 5.40. The van der Waals surface area contributed by atoms with Crippen LogP contribution in [0.3, 0.4) is 0 Å². The molecule has 2 fully saturated rings. The molecule has 5 nitrogen and oxygen atoms in total. The Morgan fingerprint density at radius 2 is 2.06 bits per heavy atom. The van der Waals surface area contributed by atoms with E-state index in [0.29, 0.717) is 0 Å². The highest BCUT2D eigenvalue weighted by Crippen LogP contribution is 2.42. The number of thiocarbonyl (C=S) groups is 1. The van der Waals surface area contributed by atoms with Gasteiger partial charge in [0.25, 0.3) is 0 Å². The summed E-state index contributed by atoms with van der Waals surface area (Å²) in [5.74, 6) is 0. The first-order chi connectivity index (χ1) is 15.5. The number of hydrogen-bond donors (Lipinski definition) is 1. The number of pyridine rings is 1. The fourth-order valence-electron chi connectivity index (χ4n) is 5.05. The number of rotatable bonds is 5. The van der Waals surface area contributed by atoms with Gasteiger partial charge in [-0.2, -0.15) is 0 Å². The fourth-order valence-corrected chi connectivity index (χ4v) is 5.75. The molecule has 1 N–H and O–H groups in total. The van der Waals surface area contributed by atoms with Gasteiger partial charge in [0, 0.05) is 40.9 Å². The number of hydrogen-bond acceptors (Lipinski definition) is 3. The van der Waals surface area contributed by atoms with Gasteiger partial charge >= 0.3 is 0 Å². The summed E-state index contributed by atoms with van der Waals surface area (Å²) in [5.41, 5.74) is 5.83. The average molecular weight is 511 g/mol. The van der Waals surface area contributed by atoms with Gasteiger partial charge in [0.15, 0.2) is 5.11 Å². The van der Waals surface area contributed by atoms with E-state index in [9.17, 15) is 0 Å². The molecule has 32 heavy (non-hydrogen) atoms. The van der Waals surface area contributed by atoms with Crippen LogP contribution in [0.4, 0.5) is 0 Å². The fraction of sp³-hybridized carbons (Fsp3) is 0.360. The van der Waals surface area contributed by atoms with Crippen LogP contribution in [0.5, 0.6) is 0 Å². The highest BCUT2D eigenvalue weighted by Gasteiger charge is 2.42. The predicted molar refractivity (Wildman–Crippen MR) is 134 cm³/mol. The van der Waals surface area contributed by atoms with E-state index in [0.717, 1.165) is 47.0 Å². The summed E-state index contributed by atoms with van der Waals surface area (Å²) < 4.78 is 9.36. The highest BCUT2D eigenvalue weighted by molar-refractivity contribution is 9.10. The summed E-state index contributed by atoms with van der Waals surface area (Å²) >= 11 is 9.46.